The normalized spacial score (nSPS) is 11.1. The summed E-state index contributed by atoms with van der Waals surface area (Å²) in [7, 11) is 3.39. The van der Waals surface area contributed by atoms with E-state index in [2.05, 4.69) is 4.98 Å². The number of hydrogen-bond donors (Lipinski definition) is 1. The Bertz CT molecular complexity index is 1090. The molecule has 0 unspecified atom stereocenters. The maximum atomic E-state index is 13.0. The molecule has 26 heavy (non-hydrogen) atoms. The third-order valence-electron chi connectivity index (χ3n) is 4.21. The first-order valence-corrected chi connectivity index (χ1v) is 9.62. The molecule has 0 radical (unpaired) electrons. The predicted octanol–water partition coefficient (Wildman–Crippen LogP) is 4.03. The molecule has 2 aromatic heterocycles. The summed E-state index contributed by atoms with van der Waals surface area (Å²) in [5.74, 6) is -0.116. The van der Waals surface area contributed by atoms with E-state index in [4.69, 9.17) is 23.8 Å². The number of aryl methyl sites for hydroxylation is 2. The molecule has 1 N–H and O–H groups in total. The van der Waals surface area contributed by atoms with Crippen molar-refractivity contribution in [2.45, 2.75) is 19.9 Å². The van der Waals surface area contributed by atoms with Gasteiger partial charge in [-0.25, -0.2) is 0 Å². The van der Waals surface area contributed by atoms with Gasteiger partial charge in [0.1, 0.15) is 4.83 Å². The second-order valence-electron chi connectivity index (χ2n) is 6.22. The smallest absolute Gasteiger partial charge is 0.263 e. The standard InChI is InChI=1S/C18H18ClN3O2S2/c1-10-13-15(26-14(10)17(24)21(2)3)20-18(25)22(16(13)23)9-8-11-4-6-12(19)7-5-11/h4-7H,8-9H2,1-3H3,(H,20,25). The van der Waals surface area contributed by atoms with Crippen LogP contribution in [0.25, 0.3) is 10.2 Å². The first kappa shape index (κ1) is 18.8. The van der Waals surface area contributed by atoms with Crippen LogP contribution in [-0.2, 0) is 13.0 Å². The summed E-state index contributed by atoms with van der Waals surface area (Å²) in [4.78, 5) is 31.1. The summed E-state index contributed by atoms with van der Waals surface area (Å²) in [5, 5.41) is 1.21. The Morgan fingerprint density at radius 2 is 1.96 bits per heavy atom. The number of amides is 1. The minimum absolute atomic E-state index is 0.116. The van der Waals surface area contributed by atoms with Crippen molar-refractivity contribution >= 4 is 51.3 Å². The molecule has 0 spiro atoms. The molecular formula is C18H18ClN3O2S2. The lowest BCUT2D eigenvalue weighted by atomic mass is 10.1. The summed E-state index contributed by atoms with van der Waals surface area (Å²) in [5.41, 5.74) is 1.60. The highest BCUT2D eigenvalue weighted by atomic mass is 35.5. The predicted molar refractivity (Wildman–Crippen MR) is 109 cm³/mol. The van der Waals surface area contributed by atoms with Gasteiger partial charge >= 0.3 is 0 Å². The molecule has 0 saturated carbocycles. The number of hydrogen-bond acceptors (Lipinski definition) is 4. The Hall–Kier alpha value is -1.96. The van der Waals surface area contributed by atoms with Crippen molar-refractivity contribution in [3.8, 4) is 0 Å². The van der Waals surface area contributed by atoms with Gasteiger partial charge in [0.05, 0.1) is 10.3 Å². The van der Waals surface area contributed by atoms with Crippen LogP contribution in [-0.4, -0.2) is 34.5 Å². The molecule has 0 aliphatic carbocycles. The van der Waals surface area contributed by atoms with Gasteiger partial charge in [0.15, 0.2) is 4.77 Å². The third-order valence-corrected chi connectivity index (χ3v) is 5.98. The summed E-state index contributed by atoms with van der Waals surface area (Å²) >= 11 is 12.5. The van der Waals surface area contributed by atoms with Crippen LogP contribution in [0.2, 0.25) is 5.02 Å². The molecule has 0 aliphatic heterocycles. The second-order valence-corrected chi connectivity index (χ2v) is 8.07. The topological polar surface area (TPSA) is 58.1 Å². The number of aromatic nitrogens is 2. The van der Waals surface area contributed by atoms with Crippen molar-refractivity contribution in [1.29, 1.82) is 0 Å². The van der Waals surface area contributed by atoms with E-state index in [-0.39, 0.29) is 11.5 Å². The molecule has 3 rings (SSSR count). The maximum absolute atomic E-state index is 13.0. The van der Waals surface area contributed by atoms with Crippen LogP contribution in [0.3, 0.4) is 0 Å². The van der Waals surface area contributed by atoms with Crippen molar-refractivity contribution in [3.05, 3.63) is 60.4 Å². The van der Waals surface area contributed by atoms with E-state index in [1.165, 1.54) is 16.2 Å². The molecule has 1 aromatic carbocycles. The number of nitrogens with zero attached hydrogens (tertiary/aromatic N) is 2. The van der Waals surface area contributed by atoms with E-state index in [0.717, 1.165) is 5.56 Å². The number of carbonyl (C=O) groups excluding carboxylic acids is 1. The number of fused-ring (bicyclic) bond motifs is 1. The number of benzene rings is 1. The lowest BCUT2D eigenvalue weighted by Gasteiger charge is -2.08. The number of nitrogens with one attached hydrogen (secondary N) is 1. The lowest BCUT2D eigenvalue weighted by Crippen LogP contribution is -2.24. The monoisotopic (exact) mass is 407 g/mol. The van der Waals surface area contributed by atoms with Crippen molar-refractivity contribution in [1.82, 2.24) is 14.5 Å². The number of halogens is 1. The molecule has 1 amide bonds. The SMILES string of the molecule is Cc1c(C(=O)N(C)C)sc2[nH]c(=S)n(CCc3ccc(Cl)cc3)c(=O)c12. The zero-order chi connectivity index (χ0) is 19.0. The summed E-state index contributed by atoms with van der Waals surface area (Å²) in [6.07, 6.45) is 0.659. The lowest BCUT2D eigenvalue weighted by molar-refractivity contribution is 0.0831. The van der Waals surface area contributed by atoms with Crippen LogP contribution in [0.4, 0.5) is 0 Å². The number of aromatic amines is 1. The number of H-pyrrole nitrogens is 1. The third kappa shape index (κ3) is 3.47. The first-order valence-electron chi connectivity index (χ1n) is 8.02. The summed E-state index contributed by atoms with van der Waals surface area (Å²) in [6.45, 7) is 2.26. The van der Waals surface area contributed by atoms with Crippen LogP contribution in [0.5, 0.6) is 0 Å². The Kier molecular flexibility index (Phi) is 5.32. The number of thiophene rings is 1. The Morgan fingerprint density at radius 1 is 1.31 bits per heavy atom. The van der Waals surface area contributed by atoms with Crippen LogP contribution < -0.4 is 5.56 Å². The van der Waals surface area contributed by atoms with E-state index >= 15 is 0 Å². The fourth-order valence-electron chi connectivity index (χ4n) is 2.75. The highest BCUT2D eigenvalue weighted by Gasteiger charge is 2.20. The van der Waals surface area contributed by atoms with Crippen LogP contribution >= 0.6 is 35.2 Å². The fourth-order valence-corrected chi connectivity index (χ4v) is 4.44. The Balaban J connectivity index is 2.03. The van der Waals surface area contributed by atoms with Crippen LogP contribution in [0, 0.1) is 11.7 Å². The van der Waals surface area contributed by atoms with E-state index in [1.807, 2.05) is 24.3 Å². The largest absolute Gasteiger partial charge is 0.344 e. The Labute approximate surface area is 164 Å². The van der Waals surface area contributed by atoms with Gasteiger partial charge in [-0.1, -0.05) is 23.7 Å². The quantitative estimate of drug-likeness (QED) is 0.664. The molecule has 3 aromatic rings. The van der Waals surface area contributed by atoms with Crippen molar-refractivity contribution in [2.75, 3.05) is 14.1 Å². The van der Waals surface area contributed by atoms with E-state index in [0.29, 0.717) is 43.4 Å². The molecule has 0 aliphatic rings. The summed E-state index contributed by atoms with van der Waals surface area (Å²) in [6, 6.07) is 7.52. The Morgan fingerprint density at radius 3 is 2.58 bits per heavy atom. The van der Waals surface area contributed by atoms with Gasteiger partial charge in [-0.2, -0.15) is 0 Å². The van der Waals surface area contributed by atoms with Gasteiger partial charge in [-0.3, -0.25) is 14.2 Å². The average Bonchev–Trinajstić information content (AvgIpc) is 2.91. The highest BCUT2D eigenvalue weighted by molar-refractivity contribution is 7.71. The molecule has 0 bridgehead atoms. The van der Waals surface area contributed by atoms with Gasteiger partial charge in [0, 0.05) is 25.7 Å². The van der Waals surface area contributed by atoms with Crippen LogP contribution in [0.1, 0.15) is 20.8 Å². The zero-order valence-electron chi connectivity index (χ0n) is 14.6. The molecular weight excluding hydrogens is 390 g/mol. The molecule has 136 valence electrons. The van der Waals surface area contributed by atoms with Crippen molar-refractivity contribution in [3.63, 3.8) is 0 Å². The minimum Gasteiger partial charge on any atom is -0.344 e. The van der Waals surface area contributed by atoms with Gasteiger partial charge in [-0.05, 0) is 48.8 Å². The minimum atomic E-state index is -0.163. The zero-order valence-corrected chi connectivity index (χ0v) is 17.0. The average molecular weight is 408 g/mol. The molecule has 8 heteroatoms. The van der Waals surface area contributed by atoms with Crippen molar-refractivity contribution in [2.24, 2.45) is 0 Å². The van der Waals surface area contributed by atoms with Crippen LogP contribution in [0.15, 0.2) is 29.1 Å². The van der Waals surface area contributed by atoms with E-state index in [1.54, 1.807) is 25.6 Å². The molecule has 2 heterocycles. The number of carbonyl (C=O) groups is 1. The van der Waals surface area contributed by atoms with Gasteiger partial charge < -0.3 is 9.88 Å². The van der Waals surface area contributed by atoms with Gasteiger partial charge in [0.25, 0.3) is 11.5 Å². The van der Waals surface area contributed by atoms with Crippen molar-refractivity contribution < 1.29 is 4.79 Å². The second kappa shape index (κ2) is 7.34. The van der Waals surface area contributed by atoms with E-state index in [9.17, 15) is 9.59 Å². The molecule has 0 fully saturated rings. The van der Waals surface area contributed by atoms with Gasteiger partial charge in [-0.15, -0.1) is 11.3 Å². The molecule has 5 nitrogen and oxygen atoms in total. The molecule has 0 saturated heterocycles. The highest BCUT2D eigenvalue weighted by Crippen LogP contribution is 2.27. The molecule has 0 atom stereocenters. The fraction of sp³-hybridized carbons (Fsp3) is 0.278. The number of rotatable bonds is 4. The summed E-state index contributed by atoms with van der Waals surface area (Å²) < 4.78 is 1.91. The first-order chi connectivity index (χ1) is 12.3. The van der Waals surface area contributed by atoms with Gasteiger partial charge in [0.2, 0.25) is 0 Å². The van der Waals surface area contributed by atoms with E-state index < -0.39 is 0 Å². The maximum Gasteiger partial charge on any atom is 0.263 e.